The molecule has 11 heteroatoms. The van der Waals surface area contributed by atoms with Crippen LogP contribution >= 0.6 is 0 Å². The average molecular weight is 579 g/mol. The van der Waals surface area contributed by atoms with Crippen molar-refractivity contribution in [3.63, 3.8) is 0 Å². The van der Waals surface area contributed by atoms with Crippen molar-refractivity contribution in [2.75, 3.05) is 19.6 Å². The summed E-state index contributed by atoms with van der Waals surface area (Å²) >= 11 is 0. The Balaban J connectivity index is 1.19. The minimum Gasteiger partial charge on any atom is -0.367 e. The van der Waals surface area contributed by atoms with Crippen LogP contribution in [0.5, 0.6) is 0 Å². The van der Waals surface area contributed by atoms with Crippen LogP contribution in [0.15, 0.2) is 66.9 Å². The highest BCUT2D eigenvalue weighted by molar-refractivity contribution is 5.98. The summed E-state index contributed by atoms with van der Waals surface area (Å²) in [6.07, 6.45) is 7.14. The third kappa shape index (κ3) is 6.96. The smallest absolute Gasteiger partial charge is 0.255 e. The second-order valence-electron chi connectivity index (χ2n) is 11.1. The van der Waals surface area contributed by atoms with E-state index in [4.69, 9.17) is 5.73 Å². The van der Waals surface area contributed by atoms with E-state index in [0.29, 0.717) is 30.9 Å². The first-order valence-electron chi connectivity index (χ1n) is 14.3. The fraction of sp³-hybridized carbons (Fsp3) is 0.387. The van der Waals surface area contributed by atoms with E-state index in [1.165, 1.54) is 17.0 Å². The Hall–Kier alpha value is -4.25. The molecule has 1 saturated carbocycles. The Morgan fingerprint density at radius 1 is 1.07 bits per heavy atom. The van der Waals surface area contributed by atoms with Gasteiger partial charge in [0.2, 0.25) is 5.91 Å². The van der Waals surface area contributed by atoms with Crippen molar-refractivity contribution in [3.8, 4) is 0 Å². The molecule has 0 unspecified atom stereocenters. The first-order valence-corrected chi connectivity index (χ1v) is 14.3. The molecule has 42 heavy (non-hydrogen) atoms. The van der Waals surface area contributed by atoms with Crippen molar-refractivity contribution >= 4 is 23.4 Å². The molecule has 2 aromatic rings. The van der Waals surface area contributed by atoms with Crippen LogP contribution < -0.4 is 27.2 Å². The number of amides is 3. The second-order valence-corrected chi connectivity index (χ2v) is 11.1. The number of carbonyl (C=O) groups excluding carboxylic acids is 3. The summed E-state index contributed by atoms with van der Waals surface area (Å²) in [7, 11) is 0. The van der Waals surface area contributed by atoms with E-state index in [0.717, 1.165) is 23.2 Å². The van der Waals surface area contributed by atoms with Crippen LogP contribution in [-0.2, 0) is 9.59 Å². The van der Waals surface area contributed by atoms with Gasteiger partial charge in [0.1, 0.15) is 11.9 Å². The molecular formula is C31H36F2N6O3. The van der Waals surface area contributed by atoms with Crippen molar-refractivity contribution in [1.82, 2.24) is 26.4 Å². The SMILES string of the molecule is NC(=O)C1(F)CCN(C(=O)[C@H](CCCN[C@@H]2C[C@H]2c2ccc(F)cc2)NC(=O)c2ccc(C3=CC=CNN3)cc2)CC1. The van der Waals surface area contributed by atoms with Gasteiger partial charge in [0.05, 0.1) is 5.70 Å². The molecule has 2 fully saturated rings. The molecule has 6 N–H and O–H groups in total. The minimum atomic E-state index is -2.12. The number of nitrogens with one attached hydrogen (secondary N) is 4. The summed E-state index contributed by atoms with van der Waals surface area (Å²) < 4.78 is 27.9. The van der Waals surface area contributed by atoms with Gasteiger partial charge >= 0.3 is 0 Å². The lowest BCUT2D eigenvalue weighted by atomic mass is 9.92. The van der Waals surface area contributed by atoms with E-state index < -0.39 is 17.6 Å². The van der Waals surface area contributed by atoms with E-state index in [1.807, 2.05) is 24.3 Å². The summed E-state index contributed by atoms with van der Waals surface area (Å²) in [4.78, 5) is 39.7. The standard InChI is InChI=1S/C31H36F2N6O3/c32-23-11-9-20(10-12-23)24-19-27(24)35-15-1-4-26(29(41)39-17-13-31(33,14-18-39)30(34)42)37-28(40)22-7-5-21(6-8-22)25-3-2-16-36-38-25/h2-3,5-12,16,24,26-27,35-36,38H,1,4,13-15,17-19H2,(H2,34,42)(H,37,40)/t24-,26-,27+/m0/s1. The molecular weight excluding hydrogens is 542 g/mol. The quantitative estimate of drug-likeness (QED) is 0.261. The highest BCUT2D eigenvalue weighted by atomic mass is 19.1. The van der Waals surface area contributed by atoms with Gasteiger partial charge in [0, 0.05) is 49.7 Å². The summed E-state index contributed by atoms with van der Waals surface area (Å²) in [5.41, 5.74) is 12.3. The number of hydrogen-bond acceptors (Lipinski definition) is 6. The summed E-state index contributed by atoms with van der Waals surface area (Å²) in [6.45, 7) is 0.726. The van der Waals surface area contributed by atoms with E-state index in [1.54, 1.807) is 30.5 Å². The molecule has 2 heterocycles. The maximum absolute atomic E-state index is 14.7. The molecule has 2 aromatic carbocycles. The summed E-state index contributed by atoms with van der Waals surface area (Å²) in [5, 5.41) is 6.37. The lowest BCUT2D eigenvalue weighted by molar-refractivity contribution is -0.141. The molecule has 1 aliphatic carbocycles. The number of benzene rings is 2. The maximum atomic E-state index is 14.7. The Morgan fingerprint density at radius 3 is 2.43 bits per heavy atom. The normalized spacial score (nSPS) is 21.4. The molecule has 0 bridgehead atoms. The Labute approximate surface area is 243 Å². The summed E-state index contributed by atoms with van der Waals surface area (Å²) in [5.74, 6) is -1.64. The molecule has 0 spiro atoms. The molecule has 0 radical (unpaired) electrons. The minimum absolute atomic E-state index is 0.0452. The number of nitrogens with zero attached hydrogens (tertiary/aromatic N) is 1. The van der Waals surface area contributed by atoms with Crippen LogP contribution in [0.2, 0.25) is 0 Å². The molecule has 3 atom stereocenters. The largest absolute Gasteiger partial charge is 0.367 e. The van der Waals surface area contributed by atoms with Gasteiger partial charge in [-0.3, -0.25) is 14.4 Å². The Bertz CT molecular complexity index is 1350. The van der Waals surface area contributed by atoms with Gasteiger partial charge in [-0.15, -0.1) is 0 Å². The van der Waals surface area contributed by atoms with Crippen LogP contribution in [0.1, 0.15) is 59.5 Å². The van der Waals surface area contributed by atoms with E-state index in [9.17, 15) is 23.2 Å². The van der Waals surface area contributed by atoms with E-state index >= 15 is 0 Å². The number of alkyl halides is 1. The molecule has 0 aromatic heterocycles. The number of allylic oxidation sites excluding steroid dienone is 2. The molecule has 5 rings (SSSR count). The molecule has 1 saturated heterocycles. The zero-order valence-electron chi connectivity index (χ0n) is 23.2. The number of piperidine rings is 1. The van der Waals surface area contributed by atoms with E-state index in [-0.39, 0.29) is 49.6 Å². The van der Waals surface area contributed by atoms with Gasteiger partial charge in [0.25, 0.3) is 11.8 Å². The van der Waals surface area contributed by atoms with Gasteiger partial charge in [0.15, 0.2) is 5.67 Å². The van der Waals surface area contributed by atoms with Crippen LogP contribution in [0, 0.1) is 5.82 Å². The zero-order valence-corrected chi connectivity index (χ0v) is 23.2. The third-order valence-electron chi connectivity index (χ3n) is 8.18. The Morgan fingerprint density at radius 2 is 1.79 bits per heavy atom. The number of nitrogens with two attached hydrogens (primary N) is 1. The number of hydrazine groups is 1. The van der Waals surface area contributed by atoms with Crippen LogP contribution in [0.25, 0.3) is 5.70 Å². The molecule has 3 aliphatic rings. The highest BCUT2D eigenvalue weighted by Crippen LogP contribution is 2.40. The van der Waals surface area contributed by atoms with Crippen LogP contribution in [0.4, 0.5) is 8.78 Å². The number of halogens is 2. The fourth-order valence-electron chi connectivity index (χ4n) is 5.46. The fourth-order valence-corrected chi connectivity index (χ4v) is 5.46. The lowest BCUT2D eigenvalue weighted by Crippen LogP contribution is -2.55. The predicted octanol–water partition coefficient (Wildman–Crippen LogP) is 2.63. The van der Waals surface area contributed by atoms with Crippen molar-refractivity contribution in [3.05, 3.63) is 89.4 Å². The first-order chi connectivity index (χ1) is 20.2. The molecule has 222 valence electrons. The van der Waals surface area contributed by atoms with Crippen molar-refractivity contribution < 1.29 is 23.2 Å². The Kier molecular flexibility index (Phi) is 8.86. The van der Waals surface area contributed by atoms with Crippen molar-refractivity contribution in [1.29, 1.82) is 0 Å². The van der Waals surface area contributed by atoms with Gasteiger partial charge in [-0.1, -0.05) is 24.3 Å². The highest BCUT2D eigenvalue weighted by Gasteiger charge is 2.42. The zero-order chi connectivity index (χ0) is 29.7. The molecule has 9 nitrogen and oxygen atoms in total. The van der Waals surface area contributed by atoms with Gasteiger partial charge in [-0.2, -0.15) is 0 Å². The number of primary amides is 1. The number of likely N-dealkylation sites (tertiary alicyclic amines) is 1. The van der Waals surface area contributed by atoms with Gasteiger partial charge < -0.3 is 32.1 Å². The van der Waals surface area contributed by atoms with Crippen LogP contribution in [-0.4, -0.2) is 60.0 Å². The summed E-state index contributed by atoms with van der Waals surface area (Å²) in [6, 6.07) is 13.0. The topological polar surface area (TPSA) is 129 Å². The number of hydrogen-bond donors (Lipinski definition) is 5. The van der Waals surface area contributed by atoms with Gasteiger partial charge in [-0.25, -0.2) is 8.78 Å². The van der Waals surface area contributed by atoms with Crippen molar-refractivity contribution in [2.24, 2.45) is 5.73 Å². The second kappa shape index (κ2) is 12.7. The lowest BCUT2D eigenvalue weighted by Gasteiger charge is -2.36. The number of carbonyl (C=O) groups is 3. The monoisotopic (exact) mass is 578 g/mol. The molecule has 3 amide bonds. The third-order valence-corrected chi connectivity index (χ3v) is 8.18. The van der Waals surface area contributed by atoms with Gasteiger partial charge in [-0.05, 0) is 73.4 Å². The maximum Gasteiger partial charge on any atom is 0.255 e. The average Bonchev–Trinajstić information content (AvgIpc) is 3.79. The van der Waals surface area contributed by atoms with Crippen LogP contribution in [0.3, 0.4) is 0 Å². The number of rotatable bonds is 11. The van der Waals surface area contributed by atoms with Crippen molar-refractivity contribution in [2.45, 2.75) is 55.8 Å². The predicted molar refractivity (Wildman–Crippen MR) is 155 cm³/mol. The van der Waals surface area contributed by atoms with E-state index in [2.05, 4.69) is 21.5 Å². The molecule has 2 aliphatic heterocycles. The first kappa shape index (κ1) is 29.2.